The number of ether oxygens (including phenoxy) is 1. The second kappa shape index (κ2) is 6.40. The first-order chi connectivity index (χ1) is 7.63. The summed E-state index contributed by atoms with van der Waals surface area (Å²) < 4.78 is 5.41. The van der Waals surface area contributed by atoms with Crippen LogP contribution in [0.2, 0.25) is 0 Å². The number of hydrogen-bond donors (Lipinski definition) is 1. The van der Waals surface area contributed by atoms with Crippen molar-refractivity contribution in [2.24, 2.45) is 0 Å². The normalized spacial score (nSPS) is 10.8. The largest absolute Gasteiger partial charge is 0.463 e. The first kappa shape index (κ1) is 12.9. The van der Waals surface area contributed by atoms with Crippen molar-refractivity contribution in [1.82, 2.24) is 14.9 Å². The summed E-state index contributed by atoms with van der Waals surface area (Å²) in [5.74, 6) is 0. The van der Waals surface area contributed by atoms with Crippen molar-refractivity contribution in [3.63, 3.8) is 0 Å². The molecule has 0 aliphatic heterocycles. The molecule has 0 spiro atoms. The van der Waals surface area contributed by atoms with Crippen LogP contribution in [0.1, 0.15) is 17.7 Å². The highest BCUT2D eigenvalue weighted by Gasteiger charge is 2.03. The Kier molecular flexibility index (Phi) is 5.14. The molecule has 1 rings (SSSR count). The average Bonchev–Trinajstić information content (AvgIpc) is 2.24. The van der Waals surface area contributed by atoms with E-state index in [1.807, 2.05) is 21.0 Å². The molecule has 0 aliphatic carbocycles. The summed E-state index contributed by atoms with van der Waals surface area (Å²) in [6, 6.07) is 0.383. The third-order valence-corrected chi connectivity index (χ3v) is 2.21. The van der Waals surface area contributed by atoms with Gasteiger partial charge in [0.1, 0.15) is 0 Å². The molecule has 1 aromatic rings. The van der Waals surface area contributed by atoms with Gasteiger partial charge in [0, 0.05) is 18.3 Å². The first-order valence-corrected chi connectivity index (χ1v) is 5.34. The SMILES string of the molecule is Cc1nc(OCCCN(C)C)ncc1CO. The van der Waals surface area contributed by atoms with E-state index >= 15 is 0 Å². The van der Waals surface area contributed by atoms with E-state index in [4.69, 9.17) is 9.84 Å². The third kappa shape index (κ3) is 4.12. The molecule has 0 radical (unpaired) electrons. The maximum Gasteiger partial charge on any atom is 0.316 e. The van der Waals surface area contributed by atoms with E-state index in [1.165, 1.54) is 0 Å². The lowest BCUT2D eigenvalue weighted by atomic mass is 10.3. The Morgan fingerprint density at radius 2 is 2.19 bits per heavy atom. The van der Waals surface area contributed by atoms with E-state index in [0.29, 0.717) is 12.6 Å². The minimum absolute atomic E-state index is 0.0350. The van der Waals surface area contributed by atoms with Gasteiger partial charge in [-0.1, -0.05) is 0 Å². The molecule has 0 aliphatic rings. The van der Waals surface area contributed by atoms with Crippen molar-refractivity contribution in [2.45, 2.75) is 20.0 Å². The van der Waals surface area contributed by atoms with Gasteiger partial charge in [-0.3, -0.25) is 0 Å². The van der Waals surface area contributed by atoms with E-state index in [0.717, 1.165) is 24.2 Å². The van der Waals surface area contributed by atoms with Crippen LogP contribution in [-0.4, -0.2) is 47.2 Å². The van der Waals surface area contributed by atoms with Crippen LogP contribution >= 0.6 is 0 Å². The molecule has 5 nitrogen and oxygen atoms in total. The highest BCUT2D eigenvalue weighted by atomic mass is 16.5. The fraction of sp³-hybridized carbons (Fsp3) is 0.636. The Morgan fingerprint density at radius 3 is 2.75 bits per heavy atom. The zero-order valence-electron chi connectivity index (χ0n) is 10.1. The zero-order chi connectivity index (χ0) is 12.0. The fourth-order valence-electron chi connectivity index (χ4n) is 1.24. The number of hydrogen-bond acceptors (Lipinski definition) is 5. The van der Waals surface area contributed by atoms with Gasteiger partial charge in [-0.05, 0) is 27.4 Å². The molecule has 0 atom stereocenters. The predicted molar refractivity (Wildman–Crippen MR) is 61.4 cm³/mol. The van der Waals surface area contributed by atoms with Gasteiger partial charge in [0.25, 0.3) is 0 Å². The van der Waals surface area contributed by atoms with Crippen molar-refractivity contribution < 1.29 is 9.84 Å². The van der Waals surface area contributed by atoms with Crippen molar-refractivity contribution in [3.8, 4) is 6.01 Å². The second-order valence-corrected chi connectivity index (χ2v) is 3.93. The minimum Gasteiger partial charge on any atom is -0.463 e. The van der Waals surface area contributed by atoms with Crippen LogP contribution in [0.15, 0.2) is 6.20 Å². The number of nitrogens with zero attached hydrogens (tertiary/aromatic N) is 3. The lowest BCUT2D eigenvalue weighted by Gasteiger charge is -2.10. The molecular formula is C11H19N3O2. The summed E-state index contributed by atoms with van der Waals surface area (Å²) in [6.45, 7) is 3.39. The Hall–Kier alpha value is -1.20. The number of aromatic nitrogens is 2. The molecule has 1 aromatic heterocycles. The summed E-state index contributed by atoms with van der Waals surface area (Å²) in [4.78, 5) is 10.3. The van der Waals surface area contributed by atoms with Gasteiger partial charge >= 0.3 is 6.01 Å². The second-order valence-electron chi connectivity index (χ2n) is 3.93. The Bertz CT molecular complexity index is 329. The van der Waals surface area contributed by atoms with Crippen LogP contribution < -0.4 is 4.74 Å². The molecule has 0 saturated heterocycles. The highest BCUT2D eigenvalue weighted by Crippen LogP contribution is 2.08. The number of aliphatic hydroxyl groups is 1. The molecule has 0 saturated carbocycles. The summed E-state index contributed by atoms with van der Waals surface area (Å²) in [5.41, 5.74) is 1.50. The van der Waals surface area contributed by atoms with Gasteiger partial charge in [-0.2, -0.15) is 0 Å². The fourth-order valence-corrected chi connectivity index (χ4v) is 1.24. The van der Waals surface area contributed by atoms with Crippen LogP contribution in [0, 0.1) is 6.92 Å². The van der Waals surface area contributed by atoms with Crippen molar-refractivity contribution >= 4 is 0 Å². The molecule has 1 N–H and O–H groups in total. The van der Waals surface area contributed by atoms with Crippen LogP contribution in [-0.2, 0) is 6.61 Å². The summed E-state index contributed by atoms with van der Waals surface area (Å²) in [5, 5.41) is 8.96. The molecule has 0 bridgehead atoms. The summed E-state index contributed by atoms with van der Waals surface area (Å²) >= 11 is 0. The van der Waals surface area contributed by atoms with Crippen molar-refractivity contribution in [3.05, 3.63) is 17.5 Å². The molecule has 0 amide bonds. The molecular weight excluding hydrogens is 206 g/mol. The number of aliphatic hydroxyl groups excluding tert-OH is 1. The molecule has 1 heterocycles. The lowest BCUT2D eigenvalue weighted by Crippen LogP contribution is -2.16. The van der Waals surface area contributed by atoms with Crippen LogP contribution in [0.3, 0.4) is 0 Å². The van der Waals surface area contributed by atoms with E-state index in [2.05, 4.69) is 14.9 Å². The van der Waals surface area contributed by atoms with Gasteiger partial charge in [0.05, 0.1) is 18.9 Å². The maximum absolute atomic E-state index is 8.96. The van der Waals surface area contributed by atoms with Gasteiger partial charge in [0.15, 0.2) is 0 Å². The standard InChI is InChI=1S/C11H19N3O2/c1-9-10(8-15)7-12-11(13-9)16-6-4-5-14(2)3/h7,15H,4-6,8H2,1-3H3. The molecule has 5 heteroatoms. The predicted octanol–water partition coefficient (Wildman–Crippen LogP) is 0.608. The van der Waals surface area contributed by atoms with E-state index in [9.17, 15) is 0 Å². The topological polar surface area (TPSA) is 58.5 Å². The Balaban J connectivity index is 2.40. The van der Waals surface area contributed by atoms with Gasteiger partial charge < -0.3 is 14.7 Å². The molecule has 16 heavy (non-hydrogen) atoms. The van der Waals surface area contributed by atoms with E-state index in [1.54, 1.807) is 6.20 Å². The number of rotatable bonds is 6. The lowest BCUT2D eigenvalue weighted by molar-refractivity contribution is 0.259. The summed E-state index contributed by atoms with van der Waals surface area (Å²) in [6.07, 6.45) is 2.54. The minimum atomic E-state index is -0.0350. The Labute approximate surface area is 96.1 Å². The van der Waals surface area contributed by atoms with Crippen LogP contribution in [0.5, 0.6) is 6.01 Å². The third-order valence-electron chi connectivity index (χ3n) is 2.21. The summed E-state index contributed by atoms with van der Waals surface area (Å²) in [7, 11) is 4.05. The van der Waals surface area contributed by atoms with Gasteiger partial charge in [-0.15, -0.1) is 0 Å². The van der Waals surface area contributed by atoms with E-state index in [-0.39, 0.29) is 6.61 Å². The Morgan fingerprint density at radius 1 is 1.44 bits per heavy atom. The van der Waals surface area contributed by atoms with E-state index < -0.39 is 0 Å². The molecule has 0 aromatic carbocycles. The molecule has 90 valence electrons. The van der Waals surface area contributed by atoms with Crippen LogP contribution in [0.25, 0.3) is 0 Å². The molecule has 0 fully saturated rings. The van der Waals surface area contributed by atoms with Gasteiger partial charge in [-0.25, -0.2) is 9.97 Å². The van der Waals surface area contributed by atoms with Gasteiger partial charge in [0.2, 0.25) is 0 Å². The zero-order valence-corrected chi connectivity index (χ0v) is 10.1. The van der Waals surface area contributed by atoms with Crippen molar-refractivity contribution in [2.75, 3.05) is 27.2 Å². The van der Waals surface area contributed by atoms with Crippen LogP contribution in [0.4, 0.5) is 0 Å². The first-order valence-electron chi connectivity index (χ1n) is 5.34. The monoisotopic (exact) mass is 225 g/mol. The highest BCUT2D eigenvalue weighted by molar-refractivity contribution is 5.16. The quantitative estimate of drug-likeness (QED) is 0.719. The van der Waals surface area contributed by atoms with Crippen molar-refractivity contribution in [1.29, 1.82) is 0 Å². The maximum atomic E-state index is 8.96. The molecule has 0 unspecified atom stereocenters. The smallest absolute Gasteiger partial charge is 0.316 e. The number of aryl methyl sites for hydroxylation is 1. The average molecular weight is 225 g/mol.